The Morgan fingerprint density at radius 2 is 2.14 bits per heavy atom. The molecule has 2 aliphatic rings. The molecule has 3 nitrogen and oxygen atoms in total. The van der Waals surface area contributed by atoms with Crippen molar-refractivity contribution in [3.8, 4) is 0 Å². The number of nitrogen functional groups attached to an aromatic ring is 1. The molecule has 0 saturated heterocycles. The number of fused-ring (bicyclic) bond motifs is 4. The average Bonchev–Trinajstić information content (AvgIpc) is 3.06. The lowest BCUT2D eigenvalue weighted by Crippen LogP contribution is -2.28. The Morgan fingerprint density at radius 3 is 2.95 bits per heavy atom. The summed E-state index contributed by atoms with van der Waals surface area (Å²) >= 11 is 1.59. The number of allylic oxidation sites excluding steroid dienone is 2. The van der Waals surface area contributed by atoms with Gasteiger partial charge in [-0.3, -0.25) is 4.79 Å². The smallest absolute Gasteiger partial charge is 0.254 e. The van der Waals surface area contributed by atoms with Crippen LogP contribution >= 0.6 is 11.3 Å². The van der Waals surface area contributed by atoms with Crippen LogP contribution in [0.15, 0.2) is 36.4 Å². The molecule has 0 radical (unpaired) electrons. The fourth-order valence-electron chi connectivity index (χ4n) is 3.45. The third kappa shape index (κ3) is 2.06. The maximum atomic E-state index is 12.5. The van der Waals surface area contributed by atoms with E-state index in [4.69, 9.17) is 5.73 Å². The summed E-state index contributed by atoms with van der Waals surface area (Å²) in [5, 5.41) is 3.68. The van der Waals surface area contributed by atoms with Gasteiger partial charge in [0.25, 0.3) is 5.91 Å². The Labute approximate surface area is 133 Å². The normalized spacial score (nSPS) is 18.2. The van der Waals surface area contributed by atoms with Gasteiger partial charge >= 0.3 is 0 Å². The van der Waals surface area contributed by atoms with Crippen LogP contribution in [-0.4, -0.2) is 12.5 Å². The zero-order valence-electron chi connectivity index (χ0n) is 12.3. The largest absolute Gasteiger partial charge is 0.390 e. The number of benzene rings is 1. The number of carbonyl (C=O) groups is 1. The second-order valence-corrected chi connectivity index (χ2v) is 6.95. The molecule has 112 valence electrons. The summed E-state index contributed by atoms with van der Waals surface area (Å²) in [7, 11) is 0. The van der Waals surface area contributed by atoms with Crippen LogP contribution in [0.3, 0.4) is 0 Å². The monoisotopic (exact) mass is 310 g/mol. The average molecular weight is 310 g/mol. The highest BCUT2D eigenvalue weighted by Gasteiger charge is 2.41. The lowest BCUT2D eigenvalue weighted by molar-refractivity contribution is 0.0955. The Balaban J connectivity index is 1.47. The van der Waals surface area contributed by atoms with Crippen LogP contribution < -0.4 is 11.1 Å². The number of amides is 1. The van der Waals surface area contributed by atoms with Crippen LogP contribution in [0.25, 0.3) is 5.57 Å². The Kier molecular flexibility index (Phi) is 3.26. The Bertz CT molecular complexity index is 761. The van der Waals surface area contributed by atoms with Crippen molar-refractivity contribution in [3.63, 3.8) is 0 Å². The van der Waals surface area contributed by atoms with Crippen LogP contribution in [0.1, 0.15) is 45.1 Å². The highest BCUT2D eigenvalue weighted by molar-refractivity contribution is 7.17. The van der Waals surface area contributed by atoms with E-state index in [1.807, 2.05) is 18.2 Å². The molecule has 22 heavy (non-hydrogen) atoms. The molecule has 1 amide bonds. The predicted molar refractivity (Wildman–Crippen MR) is 91.2 cm³/mol. The van der Waals surface area contributed by atoms with Crippen LogP contribution in [-0.2, 0) is 6.42 Å². The molecule has 0 spiro atoms. The number of thiophene rings is 1. The Hall–Kier alpha value is -2.07. The molecule has 1 aromatic carbocycles. The van der Waals surface area contributed by atoms with Gasteiger partial charge < -0.3 is 11.1 Å². The predicted octanol–water partition coefficient (Wildman–Crippen LogP) is 3.58. The molecule has 3 N–H and O–H groups in total. The zero-order valence-corrected chi connectivity index (χ0v) is 13.1. The van der Waals surface area contributed by atoms with Crippen LogP contribution in [0.4, 0.5) is 5.00 Å². The summed E-state index contributed by atoms with van der Waals surface area (Å²) < 4.78 is 0. The van der Waals surface area contributed by atoms with Crippen molar-refractivity contribution in [2.75, 3.05) is 12.3 Å². The second-order valence-electron chi connectivity index (χ2n) is 5.86. The summed E-state index contributed by atoms with van der Waals surface area (Å²) in [6.45, 7) is 0.634. The van der Waals surface area contributed by atoms with Crippen molar-refractivity contribution >= 4 is 27.8 Å². The summed E-state index contributed by atoms with van der Waals surface area (Å²) in [4.78, 5) is 13.8. The van der Waals surface area contributed by atoms with Gasteiger partial charge in [0.2, 0.25) is 0 Å². The van der Waals surface area contributed by atoms with Crippen molar-refractivity contribution < 1.29 is 4.79 Å². The molecule has 1 heterocycles. The molecule has 0 saturated carbocycles. The number of rotatable bonds is 4. The van der Waals surface area contributed by atoms with Crippen LogP contribution in [0.5, 0.6) is 0 Å². The maximum Gasteiger partial charge on any atom is 0.254 e. The molecule has 2 aromatic rings. The summed E-state index contributed by atoms with van der Waals surface area (Å²) in [6.07, 6.45) is 5.40. The summed E-state index contributed by atoms with van der Waals surface area (Å²) in [5.41, 5.74) is 10.5. The molecular formula is C18H18N2OS. The van der Waals surface area contributed by atoms with Gasteiger partial charge in [0.05, 0.1) is 10.6 Å². The third-order valence-corrected chi connectivity index (χ3v) is 5.66. The highest BCUT2D eigenvalue weighted by atomic mass is 32.1. The summed E-state index contributed by atoms with van der Waals surface area (Å²) in [6, 6.07) is 10.2. The molecule has 0 bridgehead atoms. The second kappa shape index (κ2) is 5.29. The molecule has 1 atom stereocenters. The van der Waals surface area contributed by atoms with E-state index in [9.17, 15) is 4.79 Å². The van der Waals surface area contributed by atoms with Crippen LogP contribution in [0, 0.1) is 0 Å². The first-order valence-corrected chi connectivity index (χ1v) is 8.52. The number of carbonyl (C=O) groups excluding carboxylic acids is 1. The fourth-order valence-corrected chi connectivity index (χ4v) is 4.69. The van der Waals surface area contributed by atoms with E-state index in [2.05, 4.69) is 23.5 Å². The SMILES string of the molecule is Nc1sc2c(c1C(=O)NCCc1ccccc1)C1=CCCC12. The van der Waals surface area contributed by atoms with E-state index < -0.39 is 0 Å². The van der Waals surface area contributed by atoms with E-state index in [0.717, 1.165) is 18.4 Å². The zero-order chi connectivity index (χ0) is 15.1. The van der Waals surface area contributed by atoms with Crippen molar-refractivity contribution in [1.29, 1.82) is 0 Å². The van der Waals surface area contributed by atoms with Gasteiger partial charge in [-0.25, -0.2) is 0 Å². The third-order valence-electron chi connectivity index (χ3n) is 4.53. The molecule has 0 fully saturated rings. The molecule has 4 rings (SSSR count). The van der Waals surface area contributed by atoms with Crippen molar-refractivity contribution in [1.82, 2.24) is 5.32 Å². The number of hydrogen-bond acceptors (Lipinski definition) is 3. The number of nitrogens with two attached hydrogens (primary N) is 1. The molecular weight excluding hydrogens is 292 g/mol. The molecule has 1 unspecified atom stereocenters. The number of anilines is 1. The van der Waals surface area contributed by atoms with Crippen molar-refractivity contribution in [2.24, 2.45) is 0 Å². The van der Waals surface area contributed by atoms with Crippen molar-refractivity contribution in [2.45, 2.75) is 25.2 Å². The van der Waals surface area contributed by atoms with Gasteiger partial charge in [0.1, 0.15) is 0 Å². The highest BCUT2D eigenvalue weighted by Crippen LogP contribution is 2.58. The minimum Gasteiger partial charge on any atom is -0.390 e. The minimum atomic E-state index is -0.0304. The molecule has 1 aromatic heterocycles. The number of nitrogens with one attached hydrogen (secondary N) is 1. The first-order valence-electron chi connectivity index (χ1n) is 7.70. The van der Waals surface area contributed by atoms with E-state index in [0.29, 0.717) is 23.0 Å². The lowest BCUT2D eigenvalue weighted by atomic mass is 9.79. The maximum absolute atomic E-state index is 12.5. The molecule has 0 aliphatic heterocycles. The van der Waals surface area contributed by atoms with Gasteiger partial charge in [0.15, 0.2) is 0 Å². The van der Waals surface area contributed by atoms with Crippen molar-refractivity contribution in [3.05, 3.63) is 58.0 Å². The standard InChI is InChI=1S/C18H18N2OS/c19-17-15(14-12-7-4-8-13(12)16(14)22-17)18(21)20-10-9-11-5-2-1-3-6-11/h1-3,5-7,13H,4,8-10,19H2,(H,20,21). The fraction of sp³-hybridized carbons (Fsp3) is 0.278. The Morgan fingerprint density at radius 1 is 1.32 bits per heavy atom. The van der Waals surface area contributed by atoms with E-state index >= 15 is 0 Å². The van der Waals surface area contributed by atoms with Crippen LogP contribution in [0.2, 0.25) is 0 Å². The van der Waals surface area contributed by atoms with E-state index in [-0.39, 0.29) is 5.91 Å². The first-order chi connectivity index (χ1) is 10.8. The van der Waals surface area contributed by atoms with Gasteiger partial charge in [-0.1, -0.05) is 36.4 Å². The van der Waals surface area contributed by atoms with Gasteiger partial charge in [-0.05, 0) is 30.4 Å². The molecule has 2 aliphatic carbocycles. The van der Waals surface area contributed by atoms with E-state index in [1.165, 1.54) is 22.4 Å². The lowest BCUT2D eigenvalue weighted by Gasteiger charge is -2.26. The molecule has 4 heteroatoms. The first kappa shape index (κ1) is 13.6. The topological polar surface area (TPSA) is 55.1 Å². The van der Waals surface area contributed by atoms with Gasteiger partial charge in [-0.15, -0.1) is 11.3 Å². The quantitative estimate of drug-likeness (QED) is 0.907. The van der Waals surface area contributed by atoms with E-state index in [1.54, 1.807) is 11.3 Å². The minimum absolute atomic E-state index is 0.0304. The van der Waals surface area contributed by atoms with Gasteiger partial charge in [0, 0.05) is 22.9 Å². The van der Waals surface area contributed by atoms with Gasteiger partial charge in [-0.2, -0.15) is 0 Å². The summed E-state index contributed by atoms with van der Waals surface area (Å²) in [5.74, 6) is 0.519. The number of hydrogen-bond donors (Lipinski definition) is 2.